The number of aromatic nitrogens is 3. The van der Waals surface area contributed by atoms with Gasteiger partial charge in [-0.05, 0) is 36.3 Å². The fourth-order valence-corrected chi connectivity index (χ4v) is 4.09. The van der Waals surface area contributed by atoms with Crippen LogP contribution in [-0.2, 0) is 19.4 Å². The van der Waals surface area contributed by atoms with Crippen molar-refractivity contribution >= 4 is 23.2 Å². The van der Waals surface area contributed by atoms with Crippen molar-refractivity contribution in [2.24, 2.45) is 11.3 Å². The third-order valence-electron chi connectivity index (χ3n) is 5.75. The van der Waals surface area contributed by atoms with Crippen LogP contribution in [0.3, 0.4) is 0 Å². The predicted molar refractivity (Wildman–Crippen MR) is 112 cm³/mol. The molecule has 158 valence electrons. The number of benzene rings is 1. The summed E-state index contributed by atoms with van der Waals surface area (Å²) in [5.74, 6) is 0.527. The van der Waals surface area contributed by atoms with Crippen LogP contribution in [0, 0.1) is 17.2 Å². The van der Waals surface area contributed by atoms with E-state index < -0.39 is 5.82 Å². The summed E-state index contributed by atoms with van der Waals surface area (Å²) in [4.78, 5) is 12.8. The lowest BCUT2D eigenvalue weighted by Gasteiger charge is -2.33. The van der Waals surface area contributed by atoms with E-state index in [1.807, 2.05) is 0 Å². The molecule has 1 unspecified atom stereocenters. The molecule has 0 saturated carbocycles. The Morgan fingerprint density at radius 2 is 2.20 bits per heavy atom. The smallest absolute Gasteiger partial charge is 0.278 e. The molecule has 0 saturated heterocycles. The molecular weight excluding hydrogens is 407 g/mol. The van der Waals surface area contributed by atoms with Crippen molar-refractivity contribution in [2.45, 2.75) is 46.6 Å². The number of fused-ring (bicyclic) bond motifs is 1. The van der Waals surface area contributed by atoms with Crippen molar-refractivity contribution in [1.29, 1.82) is 0 Å². The zero-order chi connectivity index (χ0) is 21.5. The summed E-state index contributed by atoms with van der Waals surface area (Å²) >= 11 is 6.08. The van der Waals surface area contributed by atoms with Gasteiger partial charge in [0.25, 0.3) is 5.91 Å². The summed E-state index contributed by atoms with van der Waals surface area (Å²) in [6.07, 6.45) is 5.73. The molecule has 6 nitrogen and oxygen atoms in total. The molecule has 0 fully saturated rings. The second-order valence-corrected chi connectivity index (χ2v) is 9.23. The Balaban J connectivity index is 1.48. The Kier molecular flexibility index (Phi) is 5.40. The van der Waals surface area contributed by atoms with Gasteiger partial charge in [0.15, 0.2) is 5.69 Å². The minimum atomic E-state index is -0.397. The van der Waals surface area contributed by atoms with Crippen LogP contribution < -0.4 is 5.32 Å². The number of halogens is 2. The lowest BCUT2D eigenvalue weighted by Crippen LogP contribution is -2.27. The zero-order valence-electron chi connectivity index (χ0n) is 17.2. The topological polar surface area (TPSA) is 73.0 Å². The Morgan fingerprint density at radius 1 is 1.40 bits per heavy atom. The first-order valence-corrected chi connectivity index (χ1v) is 10.3. The van der Waals surface area contributed by atoms with Crippen LogP contribution in [0.1, 0.15) is 54.6 Å². The van der Waals surface area contributed by atoms with Gasteiger partial charge in [-0.2, -0.15) is 5.10 Å². The van der Waals surface area contributed by atoms with Crippen molar-refractivity contribution in [1.82, 2.24) is 14.9 Å². The minimum Gasteiger partial charge on any atom is -0.360 e. The number of hydrogen-bond donors (Lipinski definition) is 1. The molecule has 1 aromatic carbocycles. The number of nitrogens with zero attached hydrogens (tertiary/aromatic N) is 3. The number of carbonyl (C=O) groups excluding carboxylic acids is 1. The van der Waals surface area contributed by atoms with Crippen molar-refractivity contribution in [3.8, 4) is 0 Å². The second-order valence-electron chi connectivity index (χ2n) is 8.82. The normalized spacial score (nSPS) is 16.4. The molecule has 4 rings (SSSR count). The maximum absolute atomic E-state index is 14.0. The standard InChI is InChI=1S/C22H24ClFN4O2/c1-22(2,3)13-7-8-19-15(9-13)20(27-30-19)21(29)26-14-10-25-28(11-14)12-16-17(23)5-4-6-18(16)24/h4-6,10-11,13H,7-9,12H2,1-3H3,(H,26,29). The molecule has 0 radical (unpaired) electrons. The molecule has 0 aliphatic heterocycles. The highest BCUT2D eigenvalue weighted by Gasteiger charge is 2.34. The van der Waals surface area contributed by atoms with E-state index in [-0.39, 0.29) is 17.9 Å². The molecule has 0 spiro atoms. The van der Waals surface area contributed by atoms with E-state index >= 15 is 0 Å². The minimum absolute atomic E-state index is 0.151. The van der Waals surface area contributed by atoms with Crippen LogP contribution in [-0.4, -0.2) is 20.8 Å². The van der Waals surface area contributed by atoms with Gasteiger partial charge in [-0.1, -0.05) is 43.6 Å². The fraction of sp³-hybridized carbons (Fsp3) is 0.409. The van der Waals surface area contributed by atoms with Crippen LogP contribution in [0.15, 0.2) is 35.1 Å². The van der Waals surface area contributed by atoms with E-state index in [1.165, 1.54) is 16.9 Å². The molecule has 8 heteroatoms. The highest BCUT2D eigenvalue weighted by Crippen LogP contribution is 2.38. The van der Waals surface area contributed by atoms with Crippen LogP contribution in [0.2, 0.25) is 5.02 Å². The molecule has 2 heterocycles. The predicted octanol–water partition coefficient (Wildman–Crippen LogP) is 5.12. The van der Waals surface area contributed by atoms with Crippen LogP contribution in [0.4, 0.5) is 10.1 Å². The summed E-state index contributed by atoms with van der Waals surface area (Å²) in [5.41, 5.74) is 2.21. The number of anilines is 1. The van der Waals surface area contributed by atoms with Gasteiger partial charge in [-0.25, -0.2) is 4.39 Å². The second kappa shape index (κ2) is 7.87. The van der Waals surface area contributed by atoms with Gasteiger partial charge in [-0.3, -0.25) is 9.48 Å². The molecule has 2 aromatic heterocycles. The summed E-state index contributed by atoms with van der Waals surface area (Å²) in [6, 6.07) is 4.54. The van der Waals surface area contributed by atoms with Gasteiger partial charge >= 0.3 is 0 Å². The third-order valence-corrected chi connectivity index (χ3v) is 6.11. The monoisotopic (exact) mass is 430 g/mol. The first-order valence-electron chi connectivity index (χ1n) is 9.96. The van der Waals surface area contributed by atoms with E-state index in [0.29, 0.717) is 27.9 Å². The van der Waals surface area contributed by atoms with Gasteiger partial charge in [0.1, 0.15) is 11.6 Å². The Bertz CT molecular complexity index is 1060. The number of aryl methyl sites for hydroxylation is 1. The molecule has 1 N–H and O–H groups in total. The number of nitrogens with one attached hydrogen (secondary N) is 1. The Labute approximate surface area is 179 Å². The number of amides is 1. The van der Waals surface area contributed by atoms with E-state index in [4.69, 9.17) is 16.1 Å². The van der Waals surface area contributed by atoms with Crippen molar-refractivity contribution < 1.29 is 13.7 Å². The maximum Gasteiger partial charge on any atom is 0.278 e. The van der Waals surface area contributed by atoms with Crippen LogP contribution in [0.5, 0.6) is 0 Å². The molecule has 30 heavy (non-hydrogen) atoms. The third kappa shape index (κ3) is 4.12. The largest absolute Gasteiger partial charge is 0.360 e. The zero-order valence-corrected chi connectivity index (χ0v) is 18.0. The SMILES string of the molecule is CC(C)(C)C1CCc2onc(C(=O)Nc3cnn(Cc4c(F)cccc4Cl)c3)c2C1. The summed E-state index contributed by atoms with van der Waals surface area (Å²) in [5, 5.41) is 11.4. The number of rotatable bonds is 4. The summed E-state index contributed by atoms with van der Waals surface area (Å²) in [6.45, 7) is 6.80. The quantitative estimate of drug-likeness (QED) is 0.623. The van der Waals surface area contributed by atoms with Crippen molar-refractivity contribution in [3.05, 3.63) is 64.0 Å². The summed E-state index contributed by atoms with van der Waals surface area (Å²) < 4.78 is 21.0. The molecule has 3 aromatic rings. The molecule has 1 aliphatic rings. The lowest BCUT2D eigenvalue weighted by atomic mass is 9.71. The van der Waals surface area contributed by atoms with Crippen molar-refractivity contribution in [3.63, 3.8) is 0 Å². The van der Waals surface area contributed by atoms with E-state index in [2.05, 4.69) is 36.3 Å². The van der Waals surface area contributed by atoms with Gasteiger partial charge in [0.05, 0.1) is 18.4 Å². The van der Waals surface area contributed by atoms with Gasteiger partial charge in [0.2, 0.25) is 0 Å². The lowest BCUT2D eigenvalue weighted by molar-refractivity contribution is 0.101. The highest BCUT2D eigenvalue weighted by atomic mass is 35.5. The Morgan fingerprint density at radius 3 is 2.93 bits per heavy atom. The molecule has 1 atom stereocenters. The van der Waals surface area contributed by atoms with E-state index in [0.717, 1.165) is 30.6 Å². The first kappa shape index (κ1) is 20.6. The average Bonchev–Trinajstić information content (AvgIpc) is 3.30. The average molecular weight is 431 g/mol. The van der Waals surface area contributed by atoms with Crippen molar-refractivity contribution in [2.75, 3.05) is 5.32 Å². The highest BCUT2D eigenvalue weighted by molar-refractivity contribution is 6.31. The van der Waals surface area contributed by atoms with E-state index in [9.17, 15) is 9.18 Å². The molecule has 1 amide bonds. The van der Waals surface area contributed by atoms with Gasteiger partial charge in [0, 0.05) is 28.8 Å². The van der Waals surface area contributed by atoms with Crippen LogP contribution >= 0.6 is 11.6 Å². The van der Waals surface area contributed by atoms with Gasteiger partial charge < -0.3 is 9.84 Å². The number of carbonyl (C=O) groups is 1. The molecular formula is C22H24ClFN4O2. The van der Waals surface area contributed by atoms with Gasteiger partial charge in [-0.15, -0.1) is 0 Å². The molecule has 1 aliphatic carbocycles. The Hall–Kier alpha value is -2.67. The summed E-state index contributed by atoms with van der Waals surface area (Å²) in [7, 11) is 0. The first-order chi connectivity index (χ1) is 14.2. The molecule has 0 bridgehead atoms. The van der Waals surface area contributed by atoms with Crippen LogP contribution in [0.25, 0.3) is 0 Å². The maximum atomic E-state index is 14.0. The number of hydrogen-bond acceptors (Lipinski definition) is 4. The fourth-order valence-electron chi connectivity index (χ4n) is 3.87. The van der Waals surface area contributed by atoms with E-state index in [1.54, 1.807) is 18.3 Å².